The molecule has 3 atom stereocenters. The number of fused-ring (bicyclic) bond motifs is 1. The molecule has 0 spiro atoms. The van der Waals surface area contributed by atoms with Gasteiger partial charge in [0.2, 0.25) is 0 Å². The summed E-state index contributed by atoms with van der Waals surface area (Å²) in [6.07, 6.45) is 3.28. The van der Waals surface area contributed by atoms with Gasteiger partial charge >= 0.3 is 0 Å². The number of hydrogen-bond acceptors (Lipinski definition) is 3. The highest BCUT2D eigenvalue weighted by Crippen LogP contribution is 2.42. The summed E-state index contributed by atoms with van der Waals surface area (Å²) in [6, 6.07) is 5.53. The first kappa shape index (κ1) is 14.2. The van der Waals surface area contributed by atoms with Crippen molar-refractivity contribution in [1.82, 2.24) is 5.32 Å². The molecular weight excluding hydrogens is 318 g/mol. The number of hydrogen-bond donors (Lipinski definition) is 1. The predicted octanol–water partition coefficient (Wildman–Crippen LogP) is 3.85. The van der Waals surface area contributed by atoms with Gasteiger partial charge in [0.15, 0.2) is 11.5 Å². The average molecular weight is 340 g/mol. The molecule has 0 radical (unpaired) electrons. The number of halogens is 1. The summed E-state index contributed by atoms with van der Waals surface area (Å²) >= 11 is 3.65. The maximum absolute atomic E-state index is 5.85. The molecule has 1 saturated heterocycles. The van der Waals surface area contributed by atoms with Crippen molar-refractivity contribution >= 4 is 15.9 Å². The third-order valence-electron chi connectivity index (χ3n) is 4.28. The first-order valence-corrected chi connectivity index (χ1v) is 8.33. The van der Waals surface area contributed by atoms with Crippen LogP contribution in [0, 0.1) is 0 Å². The Hall–Kier alpha value is -0.740. The summed E-state index contributed by atoms with van der Waals surface area (Å²) in [5.41, 5.74) is 1.35. The molecule has 0 amide bonds. The number of benzene rings is 1. The van der Waals surface area contributed by atoms with Crippen LogP contribution in [-0.2, 0) is 0 Å². The van der Waals surface area contributed by atoms with E-state index in [1.54, 1.807) is 0 Å². The lowest BCUT2D eigenvalue weighted by molar-refractivity contribution is 0.296. The second-order valence-electron chi connectivity index (χ2n) is 5.81. The molecule has 110 valence electrons. The fourth-order valence-electron chi connectivity index (χ4n) is 3.33. The summed E-state index contributed by atoms with van der Waals surface area (Å²) in [5.74, 6) is 2.31. The van der Waals surface area contributed by atoms with Gasteiger partial charge in [-0.1, -0.05) is 6.92 Å². The molecule has 2 aliphatic heterocycles. The van der Waals surface area contributed by atoms with Crippen molar-refractivity contribution in [3.8, 4) is 11.5 Å². The summed E-state index contributed by atoms with van der Waals surface area (Å²) in [4.78, 5) is 0. The molecule has 1 aromatic carbocycles. The SMILES string of the molecule is CCC1NC(C)CC1c1cc(Br)c2c(c1)OCCCO2. The molecule has 0 saturated carbocycles. The monoisotopic (exact) mass is 339 g/mol. The maximum atomic E-state index is 5.85. The molecule has 1 N–H and O–H groups in total. The lowest BCUT2D eigenvalue weighted by atomic mass is 9.89. The van der Waals surface area contributed by atoms with Gasteiger partial charge in [-0.2, -0.15) is 0 Å². The summed E-state index contributed by atoms with van der Waals surface area (Å²) < 4.78 is 12.6. The quantitative estimate of drug-likeness (QED) is 0.887. The molecule has 1 aromatic rings. The van der Waals surface area contributed by atoms with E-state index >= 15 is 0 Å². The highest BCUT2D eigenvalue weighted by molar-refractivity contribution is 9.10. The summed E-state index contributed by atoms with van der Waals surface area (Å²) in [7, 11) is 0. The van der Waals surface area contributed by atoms with E-state index in [4.69, 9.17) is 9.47 Å². The zero-order valence-corrected chi connectivity index (χ0v) is 13.7. The first-order valence-electron chi connectivity index (χ1n) is 7.54. The molecule has 4 heteroatoms. The zero-order chi connectivity index (χ0) is 14.1. The van der Waals surface area contributed by atoms with Crippen LogP contribution in [0.2, 0.25) is 0 Å². The Morgan fingerprint density at radius 2 is 2.10 bits per heavy atom. The van der Waals surface area contributed by atoms with Crippen LogP contribution < -0.4 is 14.8 Å². The van der Waals surface area contributed by atoms with E-state index in [0.29, 0.717) is 18.0 Å². The molecule has 20 heavy (non-hydrogen) atoms. The van der Waals surface area contributed by atoms with Crippen LogP contribution in [0.3, 0.4) is 0 Å². The van der Waals surface area contributed by atoms with Gasteiger partial charge < -0.3 is 14.8 Å². The number of nitrogens with one attached hydrogen (secondary N) is 1. The Morgan fingerprint density at radius 3 is 2.90 bits per heavy atom. The van der Waals surface area contributed by atoms with Crippen molar-refractivity contribution in [3.63, 3.8) is 0 Å². The molecule has 1 fully saturated rings. The average Bonchev–Trinajstić information content (AvgIpc) is 2.66. The van der Waals surface area contributed by atoms with Crippen LogP contribution in [0.15, 0.2) is 16.6 Å². The molecule has 3 unspecified atom stereocenters. The van der Waals surface area contributed by atoms with Crippen LogP contribution in [0.25, 0.3) is 0 Å². The predicted molar refractivity (Wildman–Crippen MR) is 83.8 cm³/mol. The smallest absolute Gasteiger partial charge is 0.175 e. The van der Waals surface area contributed by atoms with Gasteiger partial charge in [0, 0.05) is 24.4 Å². The molecule has 3 nitrogen and oxygen atoms in total. The van der Waals surface area contributed by atoms with Crippen molar-refractivity contribution in [2.45, 2.75) is 51.1 Å². The number of rotatable bonds is 2. The van der Waals surface area contributed by atoms with Crippen molar-refractivity contribution in [2.75, 3.05) is 13.2 Å². The molecular formula is C16H22BrNO2. The van der Waals surface area contributed by atoms with Crippen LogP contribution >= 0.6 is 15.9 Å². The van der Waals surface area contributed by atoms with Gasteiger partial charge in [-0.3, -0.25) is 0 Å². The number of ether oxygens (including phenoxy) is 2. The Morgan fingerprint density at radius 1 is 1.30 bits per heavy atom. The van der Waals surface area contributed by atoms with Crippen LogP contribution in [-0.4, -0.2) is 25.3 Å². The normalized spacial score (nSPS) is 29.2. The van der Waals surface area contributed by atoms with E-state index in [2.05, 4.69) is 47.2 Å². The van der Waals surface area contributed by atoms with E-state index in [1.165, 1.54) is 12.0 Å². The minimum atomic E-state index is 0.557. The highest BCUT2D eigenvalue weighted by Gasteiger charge is 2.32. The Kier molecular flexibility index (Phi) is 4.22. The minimum absolute atomic E-state index is 0.557. The first-order chi connectivity index (χ1) is 9.69. The second-order valence-corrected chi connectivity index (χ2v) is 6.66. The fourth-order valence-corrected chi connectivity index (χ4v) is 3.90. The van der Waals surface area contributed by atoms with E-state index < -0.39 is 0 Å². The lowest BCUT2D eigenvalue weighted by Gasteiger charge is -2.20. The van der Waals surface area contributed by atoms with Crippen LogP contribution in [0.4, 0.5) is 0 Å². The summed E-state index contributed by atoms with van der Waals surface area (Å²) in [6.45, 7) is 5.98. The molecule has 0 bridgehead atoms. The topological polar surface area (TPSA) is 30.5 Å². The van der Waals surface area contributed by atoms with Crippen molar-refractivity contribution in [1.29, 1.82) is 0 Å². The van der Waals surface area contributed by atoms with Crippen LogP contribution in [0.5, 0.6) is 11.5 Å². The Balaban J connectivity index is 1.94. The van der Waals surface area contributed by atoms with Gasteiger partial charge in [0.05, 0.1) is 17.7 Å². The highest BCUT2D eigenvalue weighted by atomic mass is 79.9. The van der Waals surface area contributed by atoms with Crippen molar-refractivity contribution < 1.29 is 9.47 Å². The standard InChI is InChI=1S/C16H22BrNO2/c1-3-14-12(7-10(2)18-14)11-8-13(17)16-15(9-11)19-5-4-6-20-16/h8-10,12,14,18H,3-7H2,1-2H3. The molecule has 0 aromatic heterocycles. The summed E-state index contributed by atoms with van der Waals surface area (Å²) in [5, 5.41) is 3.68. The molecule has 3 rings (SSSR count). The van der Waals surface area contributed by atoms with Crippen molar-refractivity contribution in [2.24, 2.45) is 0 Å². The maximum Gasteiger partial charge on any atom is 0.175 e. The lowest BCUT2D eigenvalue weighted by Crippen LogP contribution is -2.28. The van der Waals surface area contributed by atoms with Gasteiger partial charge in [0.25, 0.3) is 0 Å². The molecule has 2 aliphatic rings. The Labute approximate surface area is 129 Å². The van der Waals surface area contributed by atoms with E-state index in [-0.39, 0.29) is 0 Å². The van der Waals surface area contributed by atoms with E-state index in [9.17, 15) is 0 Å². The fraction of sp³-hybridized carbons (Fsp3) is 0.625. The van der Waals surface area contributed by atoms with Gasteiger partial charge in [-0.05, 0) is 53.4 Å². The molecule has 0 aliphatic carbocycles. The zero-order valence-electron chi connectivity index (χ0n) is 12.1. The van der Waals surface area contributed by atoms with Crippen LogP contribution in [0.1, 0.15) is 44.6 Å². The Bertz CT molecular complexity index is 492. The van der Waals surface area contributed by atoms with Gasteiger partial charge in [-0.15, -0.1) is 0 Å². The third kappa shape index (κ3) is 2.68. The van der Waals surface area contributed by atoms with Crippen molar-refractivity contribution in [3.05, 3.63) is 22.2 Å². The van der Waals surface area contributed by atoms with E-state index in [0.717, 1.165) is 42.0 Å². The van der Waals surface area contributed by atoms with E-state index in [1.807, 2.05) is 0 Å². The third-order valence-corrected chi connectivity index (χ3v) is 4.87. The second kappa shape index (κ2) is 5.94. The van der Waals surface area contributed by atoms with Gasteiger partial charge in [-0.25, -0.2) is 0 Å². The van der Waals surface area contributed by atoms with Gasteiger partial charge in [0.1, 0.15) is 0 Å². The molecule has 2 heterocycles. The largest absolute Gasteiger partial charge is 0.490 e. The minimum Gasteiger partial charge on any atom is -0.490 e.